The molecule has 0 aliphatic heterocycles. The molecule has 8 aromatic rings. The summed E-state index contributed by atoms with van der Waals surface area (Å²) in [4.78, 5) is 2.55. The van der Waals surface area contributed by atoms with E-state index in [0.29, 0.717) is 0 Å². The Morgan fingerprint density at radius 3 is 1.60 bits per heavy atom. The van der Waals surface area contributed by atoms with E-state index < -0.39 is 0 Å². The van der Waals surface area contributed by atoms with Crippen LogP contribution in [0.15, 0.2) is 156 Å². The molecule has 0 atom stereocenters. The van der Waals surface area contributed by atoms with Gasteiger partial charge in [0.05, 0.1) is 5.69 Å². The number of hydrogen-bond acceptors (Lipinski definition) is 2. The highest BCUT2D eigenvalue weighted by atomic mass is 16.3. The monoisotopic (exact) mass is 643 g/mol. The Balaban J connectivity index is 1.32. The highest BCUT2D eigenvalue weighted by Gasteiger charge is 2.46. The van der Waals surface area contributed by atoms with Crippen LogP contribution in [0.25, 0.3) is 55.3 Å². The van der Waals surface area contributed by atoms with Crippen molar-refractivity contribution in [2.24, 2.45) is 0 Å². The average Bonchev–Trinajstić information content (AvgIpc) is 3.72. The molecular formula is C48H37NO. The van der Waals surface area contributed by atoms with Crippen LogP contribution in [0.4, 0.5) is 17.1 Å². The first-order valence-corrected chi connectivity index (χ1v) is 17.6. The van der Waals surface area contributed by atoms with Gasteiger partial charge in [-0.05, 0) is 98.1 Å². The molecular weight excluding hydrogens is 607 g/mol. The fourth-order valence-electron chi connectivity index (χ4n) is 9.07. The number of benzene rings is 7. The van der Waals surface area contributed by atoms with Gasteiger partial charge in [-0.1, -0.05) is 137 Å². The molecule has 2 aliphatic carbocycles. The molecule has 0 radical (unpaired) electrons. The number of para-hydroxylation sites is 1. The predicted octanol–water partition coefficient (Wildman–Crippen LogP) is 13.3. The number of anilines is 3. The van der Waals surface area contributed by atoms with Crippen LogP contribution in [0.2, 0.25) is 0 Å². The molecule has 0 spiro atoms. The third kappa shape index (κ3) is 3.96. The summed E-state index contributed by atoms with van der Waals surface area (Å²) >= 11 is 0. The lowest BCUT2D eigenvalue weighted by molar-refractivity contribution is 0.640. The first-order chi connectivity index (χ1) is 24.3. The Hall–Kier alpha value is -5.86. The normalized spacial score (nSPS) is 14.7. The molecule has 1 aromatic heterocycles. The van der Waals surface area contributed by atoms with Gasteiger partial charge in [-0.2, -0.15) is 0 Å². The van der Waals surface area contributed by atoms with Crippen LogP contribution >= 0.6 is 0 Å². The van der Waals surface area contributed by atoms with E-state index in [1.165, 1.54) is 61.3 Å². The van der Waals surface area contributed by atoms with E-state index in [1.807, 2.05) is 6.07 Å². The molecule has 10 rings (SSSR count). The Morgan fingerprint density at radius 2 is 0.940 bits per heavy atom. The topological polar surface area (TPSA) is 16.4 Å². The van der Waals surface area contributed by atoms with E-state index in [1.54, 1.807) is 0 Å². The molecule has 0 fully saturated rings. The molecule has 1 heterocycles. The Labute approximate surface area is 293 Å². The summed E-state index contributed by atoms with van der Waals surface area (Å²) in [5.74, 6) is 0. The van der Waals surface area contributed by atoms with Gasteiger partial charge in [-0.15, -0.1) is 0 Å². The predicted molar refractivity (Wildman–Crippen MR) is 209 cm³/mol. The van der Waals surface area contributed by atoms with Crippen molar-refractivity contribution >= 4 is 39.0 Å². The summed E-state index contributed by atoms with van der Waals surface area (Å²) in [6.45, 7) is 9.64. The number of furan rings is 1. The fourth-order valence-corrected chi connectivity index (χ4v) is 9.07. The molecule has 7 aromatic carbocycles. The standard InChI is InChI=1S/C48H37NO/c1-47(2)40-19-11-8-16-34(40)38-29-39-35-17-9-12-20-41(35)48(3,4)45(39)46(44(38)47)49(32-24-22-31(23-25-32)30-14-6-5-7-15-30)33-26-27-43-37(28-33)36-18-10-13-21-42(36)50-43/h5-29H,1-4H3. The second-order valence-corrected chi connectivity index (χ2v) is 14.9. The van der Waals surface area contributed by atoms with E-state index in [-0.39, 0.29) is 10.8 Å². The largest absolute Gasteiger partial charge is 0.456 e. The third-order valence-corrected chi connectivity index (χ3v) is 11.4. The quantitative estimate of drug-likeness (QED) is 0.190. The molecule has 2 aliphatic rings. The molecule has 240 valence electrons. The fraction of sp³-hybridized carbons (Fsp3) is 0.125. The third-order valence-electron chi connectivity index (χ3n) is 11.4. The minimum Gasteiger partial charge on any atom is -0.456 e. The summed E-state index contributed by atoms with van der Waals surface area (Å²) in [6, 6.07) is 55.4. The van der Waals surface area contributed by atoms with Crippen LogP contribution in [0, 0.1) is 0 Å². The highest BCUT2D eigenvalue weighted by Crippen LogP contribution is 2.62. The van der Waals surface area contributed by atoms with Crippen molar-refractivity contribution in [1.29, 1.82) is 0 Å². The summed E-state index contributed by atoms with van der Waals surface area (Å²) in [5, 5.41) is 2.26. The zero-order chi connectivity index (χ0) is 33.8. The molecule has 2 heteroatoms. The van der Waals surface area contributed by atoms with Gasteiger partial charge in [-0.3, -0.25) is 0 Å². The number of nitrogens with zero attached hydrogens (tertiary/aromatic N) is 1. The lowest BCUT2D eigenvalue weighted by atomic mass is 9.75. The van der Waals surface area contributed by atoms with Crippen molar-refractivity contribution in [3.05, 3.63) is 174 Å². The number of rotatable bonds is 4. The van der Waals surface area contributed by atoms with E-state index in [4.69, 9.17) is 4.42 Å². The molecule has 50 heavy (non-hydrogen) atoms. The van der Waals surface area contributed by atoms with Crippen molar-refractivity contribution in [2.45, 2.75) is 38.5 Å². The van der Waals surface area contributed by atoms with Gasteiger partial charge in [0, 0.05) is 33.0 Å². The van der Waals surface area contributed by atoms with Crippen molar-refractivity contribution in [1.82, 2.24) is 0 Å². The maximum Gasteiger partial charge on any atom is 0.135 e. The zero-order valence-corrected chi connectivity index (χ0v) is 28.8. The molecule has 0 N–H and O–H groups in total. The minimum absolute atomic E-state index is 0.226. The first kappa shape index (κ1) is 29.1. The average molecular weight is 644 g/mol. The zero-order valence-electron chi connectivity index (χ0n) is 28.8. The van der Waals surface area contributed by atoms with Crippen LogP contribution in [0.1, 0.15) is 49.9 Å². The van der Waals surface area contributed by atoms with Crippen molar-refractivity contribution in [3.8, 4) is 33.4 Å². The summed E-state index contributed by atoms with van der Waals surface area (Å²) in [6.07, 6.45) is 0. The smallest absolute Gasteiger partial charge is 0.135 e. The Morgan fingerprint density at radius 1 is 0.420 bits per heavy atom. The molecule has 0 unspecified atom stereocenters. The van der Waals surface area contributed by atoms with Gasteiger partial charge in [-0.25, -0.2) is 0 Å². The van der Waals surface area contributed by atoms with Gasteiger partial charge >= 0.3 is 0 Å². The lowest BCUT2D eigenvalue weighted by Gasteiger charge is -2.37. The maximum absolute atomic E-state index is 6.34. The summed E-state index contributed by atoms with van der Waals surface area (Å²) in [5.41, 5.74) is 18.1. The van der Waals surface area contributed by atoms with E-state index >= 15 is 0 Å². The molecule has 0 bridgehead atoms. The lowest BCUT2D eigenvalue weighted by Crippen LogP contribution is -2.26. The van der Waals surface area contributed by atoms with Crippen LogP contribution in [-0.4, -0.2) is 0 Å². The number of hydrogen-bond donors (Lipinski definition) is 0. The molecule has 0 amide bonds. The second-order valence-electron chi connectivity index (χ2n) is 14.9. The Bertz CT molecular complexity index is 2560. The molecule has 0 saturated heterocycles. The first-order valence-electron chi connectivity index (χ1n) is 17.6. The molecule has 2 nitrogen and oxygen atoms in total. The molecule has 0 saturated carbocycles. The van der Waals surface area contributed by atoms with Crippen molar-refractivity contribution in [3.63, 3.8) is 0 Å². The van der Waals surface area contributed by atoms with Crippen LogP contribution < -0.4 is 4.90 Å². The van der Waals surface area contributed by atoms with Crippen LogP contribution in [0.5, 0.6) is 0 Å². The highest BCUT2D eigenvalue weighted by molar-refractivity contribution is 6.07. The van der Waals surface area contributed by atoms with E-state index in [9.17, 15) is 0 Å². The summed E-state index contributed by atoms with van der Waals surface area (Å²) < 4.78 is 6.34. The van der Waals surface area contributed by atoms with Crippen molar-refractivity contribution < 1.29 is 4.42 Å². The van der Waals surface area contributed by atoms with Crippen LogP contribution in [-0.2, 0) is 10.8 Å². The second kappa shape index (κ2) is 10.3. The van der Waals surface area contributed by atoms with Crippen molar-refractivity contribution in [2.75, 3.05) is 4.90 Å². The van der Waals surface area contributed by atoms with Gasteiger partial charge in [0.25, 0.3) is 0 Å². The maximum atomic E-state index is 6.34. The number of fused-ring (bicyclic) bond motifs is 9. The van der Waals surface area contributed by atoms with Gasteiger partial charge in [0.2, 0.25) is 0 Å². The van der Waals surface area contributed by atoms with E-state index in [2.05, 4.69) is 178 Å². The van der Waals surface area contributed by atoms with E-state index in [0.717, 1.165) is 33.3 Å². The SMILES string of the molecule is CC1(C)c2ccccc2-c2cc3c(c(N(c4ccc(-c5ccccc5)cc4)c4ccc5oc6ccccc6c5c4)c21)C(C)(C)c1ccccc1-3. The summed E-state index contributed by atoms with van der Waals surface area (Å²) in [7, 11) is 0. The van der Waals surface area contributed by atoms with Gasteiger partial charge in [0.15, 0.2) is 0 Å². The van der Waals surface area contributed by atoms with Crippen LogP contribution in [0.3, 0.4) is 0 Å². The van der Waals surface area contributed by atoms with Gasteiger partial charge < -0.3 is 9.32 Å². The van der Waals surface area contributed by atoms with Gasteiger partial charge in [0.1, 0.15) is 11.2 Å². The Kier molecular flexibility index (Phi) is 6.01. The minimum atomic E-state index is -0.226.